The van der Waals surface area contributed by atoms with Crippen molar-refractivity contribution in [1.29, 1.82) is 0 Å². The van der Waals surface area contributed by atoms with Gasteiger partial charge in [-0.15, -0.1) is 0 Å². The molecule has 9 heteroatoms. The molecular formula is C52H53O8P. The Balaban J connectivity index is 1.54. The van der Waals surface area contributed by atoms with Crippen LogP contribution < -0.4 is 18.7 Å². The summed E-state index contributed by atoms with van der Waals surface area (Å²) in [4.78, 5) is 14.4. The van der Waals surface area contributed by atoms with Gasteiger partial charge in [-0.05, 0) is 82.8 Å². The Labute approximate surface area is 360 Å². The maximum atomic E-state index is 14.4. The van der Waals surface area contributed by atoms with Gasteiger partial charge in [0.1, 0.15) is 28.6 Å². The van der Waals surface area contributed by atoms with Crippen molar-refractivity contribution in [3.8, 4) is 34.1 Å². The lowest BCUT2D eigenvalue weighted by molar-refractivity contribution is 0.0000560. The molecule has 2 heterocycles. The highest BCUT2D eigenvalue weighted by Gasteiger charge is 2.67. The summed E-state index contributed by atoms with van der Waals surface area (Å²) in [6, 6.07) is 46.1. The molecule has 0 radical (unpaired) electrons. The van der Waals surface area contributed by atoms with Crippen molar-refractivity contribution in [2.75, 3.05) is 14.2 Å². The van der Waals surface area contributed by atoms with E-state index in [1.54, 1.807) is 14.2 Å². The van der Waals surface area contributed by atoms with Gasteiger partial charge in [-0.3, -0.25) is 9.05 Å². The van der Waals surface area contributed by atoms with E-state index < -0.39 is 42.4 Å². The van der Waals surface area contributed by atoms with E-state index in [0.717, 1.165) is 38.9 Å². The van der Waals surface area contributed by atoms with Crippen molar-refractivity contribution in [3.63, 3.8) is 0 Å². The van der Waals surface area contributed by atoms with Crippen LogP contribution in [0, 0.1) is 0 Å². The van der Waals surface area contributed by atoms with Crippen LogP contribution in [0.5, 0.6) is 23.0 Å². The van der Waals surface area contributed by atoms with Gasteiger partial charge in [0, 0.05) is 22.3 Å². The molecule has 2 aliphatic rings. The van der Waals surface area contributed by atoms with Gasteiger partial charge in [-0.1, -0.05) is 151 Å². The Morgan fingerprint density at radius 1 is 0.508 bits per heavy atom. The van der Waals surface area contributed by atoms with E-state index >= 15 is 0 Å². The van der Waals surface area contributed by atoms with E-state index in [9.17, 15) is 4.79 Å². The number of hydrogen-bond acceptors (Lipinski definition) is 8. The van der Waals surface area contributed by atoms with Gasteiger partial charge < -0.3 is 23.5 Å². The van der Waals surface area contributed by atoms with Crippen LogP contribution in [0.4, 0.5) is 4.79 Å². The molecular weight excluding hydrogens is 784 g/mol. The van der Waals surface area contributed by atoms with E-state index in [0.29, 0.717) is 34.1 Å². The van der Waals surface area contributed by atoms with Crippen molar-refractivity contribution in [3.05, 3.63) is 178 Å². The molecule has 8 nitrogen and oxygen atoms in total. The van der Waals surface area contributed by atoms with Crippen LogP contribution in [0.15, 0.2) is 140 Å². The van der Waals surface area contributed by atoms with Crippen molar-refractivity contribution in [1.82, 2.24) is 0 Å². The Kier molecular flexibility index (Phi) is 10.8. The molecule has 4 bridgehead atoms. The molecule has 0 aliphatic carbocycles. The summed E-state index contributed by atoms with van der Waals surface area (Å²) in [6.07, 6.45) is -0.866. The summed E-state index contributed by atoms with van der Waals surface area (Å²) in [5.74, 6) is 1.93. The van der Waals surface area contributed by atoms with Gasteiger partial charge in [0.25, 0.3) is 0 Å². The molecule has 1 saturated heterocycles. The van der Waals surface area contributed by atoms with Gasteiger partial charge in [-0.2, -0.15) is 0 Å². The van der Waals surface area contributed by atoms with E-state index in [1.165, 1.54) is 0 Å². The van der Waals surface area contributed by atoms with Crippen LogP contribution >= 0.6 is 8.60 Å². The second-order valence-electron chi connectivity index (χ2n) is 18.1. The third kappa shape index (κ3) is 7.35. The molecule has 0 saturated carbocycles. The number of methoxy groups -OCH3 is 2. The number of benzene rings is 6. The quantitative estimate of drug-likeness (QED) is 0.0965. The average Bonchev–Trinajstić information content (AvgIpc) is 3.60. The smallest absolute Gasteiger partial charge is 0.497 e. The molecule has 8 rings (SSSR count). The molecule has 0 N–H and O–H groups in total. The van der Waals surface area contributed by atoms with Crippen LogP contribution in [-0.2, 0) is 41.4 Å². The minimum atomic E-state index is -2.27. The van der Waals surface area contributed by atoms with Crippen LogP contribution in [0.2, 0.25) is 0 Å². The molecule has 1 fully saturated rings. The molecule has 314 valence electrons. The molecule has 6 aromatic carbocycles. The molecule has 0 amide bonds. The predicted molar refractivity (Wildman–Crippen MR) is 240 cm³/mol. The lowest BCUT2D eigenvalue weighted by Crippen LogP contribution is -2.49. The van der Waals surface area contributed by atoms with Crippen molar-refractivity contribution >= 4 is 14.8 Å². The number of cyclic esters (lactones) is 1. The van der Waals surface area contributed by atoms with Crippen LogP contribution in [-0.4, -0.2) is 20.4 Å². The Hall–Kier alpha value is -5.66. The number of rotatable bonds is 5. The normalized spacial score (nSPS) is 19.4. The predicted octanol–water partition coefficient (Wildman–Crippen LogP) is 13.3. The highest BCUT2D eigenvalue weighted by Crippen LogP contribution is 2.71. The third-order valence-electron chi connectivity index (χ3n) is 11.6. The summed E-state index contributed by atoms with van der Waals surface area (Å²) < 4.78 is 47.5. The molecule has 61 heavy (non-hydrogen) atoms. The van der Waals surface area contributed by atoms with Gasteiger partial charge in [0.2, 0.25) is 0 Å². The number of carbonyl (C=O) groups excluding carboxylic acids is 1. The summed E-state index contributed by atoms with van der Waals surface area (Å²) >= 11 is 0. The first-order valence-corrected chi connectivity index (χ1v) is 21.6. The number of ether oxygens (including phenoxy) is 4. The molecule has 6 aromatic rings. The number of carbonyl (C=O) groups is 1. The lowest BCUT2D eigenvalue weighted by Gasteiger charge is -2.44. The maximum absolute atomic E-state index is 14.4. The molecule has 2 atom stereocenters. The van der Waals surface area contributed by atoms with Crippen molar-refractivity contribution in [2.45, 2.75) is 83.0 Å². The standard InChI is InChI=1S/C52H53O8P/c1-48(2,3)43-32-39(54-9)30-41-42-31-40(55-10)33-44(49(4,5)6)46(42)58-61-59-51(34-21-14-11-15-22-34,35-23-16-12-17-24-35)52(60-61,36-25-18-13-19-26-36)38-28-20-27-37(29-38)50(7,8)57-47(53)56-45(41)43/h11-33H,1-10H3. The van der Waals surface area contributed by atoms with Crippen LogP contribution in [0.3, 0.4) is 0 Å². The SMILES string of the molecule is COc1cc2c(c(C(C)(C)C)c1)OC(=O)OC(C)(C)c1cccc(c1)C1(c3ccccc3)OP(Oc3c-2cc(OC)cc3C(C)(C)C)OC1(c1ccccc1)c1ccccc1. The zero-order valence-electron chi connectivity index (χ0n) is 36.5. The summed E-state index contributed by atoms with van der Waals surface area (Å²) in [5, 5.41) is 0. The van der Waals surface area contributed by atoms with Gasteiger partial charge in [0.15, 0.2) is 11.2 Å². The van der Waals surface area contributed by atoms with Gasteiger partial charge >= 0.3 is 14.8 Å². The largest absolute Gasteiger partial charge is 0.514 e. The average molecular weight is 837 g/mol. The van der Waals surface area contributed by atoms with Crippen LogP contribution in [0.1, 0.15) is 94.3 Å². The monoisotopic (exact) mass is 836 g/mol. The minimum absolute atomic E-state index is 0.304. The molecule has 2 aliphatic heterocycles. The maximum Gasteiger partial charge on any atom is 0.514 e. The highest BCUT2D eigenvalue weighted by atomic mass is 31.2. The molecule has 2 unspecified atom stereocenters. The fraction of sp³-hybridized carbons (Fsp3) is 0.288. The van der Waals surface area contributed by atoms with Crippen molar-refractivity contribution in [2.24, 2.45) is 0 Å². The number of fused-ring (bicyclic) bond motifs is 8. The second kappa shape index (κ2) is 15.7. The first kappa shape index (κ1) is 42.0. The minimum Gasteiger partial charge on any atom is -0.497 e. The van der Waals surface area contributed by atoms with E-state index in [4.69, 9.17) is 32.5 Å². The highest BCUT2D eigenvalue weighted by molar-refractivity contribution is 7.42. The van der Waals surface area contributed by atoms with E-state index in [1.807, 2.05) is 117 Å². The number of hydrogen-bond donors (Lipinski definition) is 0. The summed E-state index contributed by atoms with van der Waals surface area (Å²) in [5.41, 5.74) is 1.84. The Morgan fingerprint density at radius 2 is 0.918 bits per heavy atom. The first-order chi connectivity index (χ1) is 29.0. The summed E-state index contributed by atoms with van der Waals surface area (Å²) in [6.45, 7) is 16.3. The fourth-order valence-corrected chi connectivity index (χ4v) is 10.1. The summed E-state index contributed by atoms with van der Waals surface area (Å²) in [7, 11) is 0.980. The first-order valence-electron chi connectivity index (χ1n) is 20.5. The fourth-order valence-electron chi connectivity index (χ4n) is 8.51. The zero-order valence-corrected chi connectivity index (χ0v) is 37.4. The van der Waals surface area contributed by atoms with Gasteiger partial charge in [-0.25, -0.2) is 4.79 Å². The van der Waals surface area contributed by atoms with Crippen molar-refractivity contribution < 1.29 is 37.3 Å². The zero-order chi connectivity index (χ0) is 43.4. The molecule has 0 spiro atoms. The third-order valence-corrected chi connectivity index (χ3v) is 12.8. The molecule has 0 aromatic heterocycles. The van der Waals surface area contributed by atoms with E-state index in [2.05, 4.69) is 77.9 Å². The van der Waals surface area contributed by atoms with Crippen LogP contribution in [0.25, 0.3) is 11.1 Å². The topological polar surface area (TPSA) is 81.7 Å². The van der Waals surface area contributed by atoms with E-state index in [-0.39, 0.29) is 0 Å². The Morgan fingerprint density at radius 3 is 1.38 bits per heavy atom. The van der Waals surface area contributed by atoms with Gasteiger partial charge in [0.05, 0.1) is 14.2 Å². The second-order valence-corrected chi connectivity index (χ2v) is 19.1. The lowest BCUT2D eigenvalue weighted by atomic mass is 9.66. The Bertz CT molecular complexity index is 2520.